The number of anilines is 1. The van der Waals surface area contributed by atoms with E-state index in [4.69, 9.17) is 16.3 Å². The van der Waals surface area contributed by atoms with Gasteiger partial charge >= 0.3 is 0 Å². The van der Waals surface area contributed by atoms with Crippen molar-refractivity contribution in [2.45, 2.75) is 45.8 Å². The van der Waals surface area contributed by atoms with Crippen molar-refractivity contribution in [2.75, 3.05) is 24.2 Å². The molecule has 0 unspecified atom stereocenters. The summed E-state index contributed by atoms with van der Waals surface area (Å²) in [5.41, 5.74) is 2.65. The molecule has 0 bridgehead atoms. The summed E-state index contributed by atoms with van der Waals surface area (Å²) in [6.45, 7) is 5.06. The molecule has 0 aromatic heterocycles. The van der Waals surface area contributed by atoms with E-state index in [1.54, 1.807) is 42.5 Å². The monoisotopic (exact) mass is 585 g/mol. The average molecular weight is 586 g/mol. The van der Waals surface area contributed by atoms with E-state index < -0.39 is 28.5 Å². The summed E-state index contributed by atoms with van der Waals surface area (Å²) in [5.74, 6) is -0.560. The first-order valence-corrected chi connectivity index (χ1v) is 15.1. The molecule has 0 aliphatic rings. The van der Waals surface area contributed by atoms with Gasteiger partial charge < -0.3 is 15.0 Å². The molecule has 3 rings (SSSR count). The fraction of sp³-hybridized carbons (Fsp3) is 0.333. The number of halogens is 1. The number of hydrogen-bond donors (Lipinski definition) is 1. The van der Waals surface area contributed by atoms with Gasteiger partial charge in [-0.3, -0.25) is 13.9 Å². The zero-order valence-corrected chi connectivity index (χ0v) is 25.0. The zero-order chi connectivity index (χ0) is 29.4. The van der Waals surface area contributed by atoms with Crippen molar-refractivity contribution in [1.29, 1.82) is 0 Å². The van der Waals surface area contributed by atoms with Crippen molar-refractivity contribution in [2.24, 2.45) is 0 Å². The predicted molar refractivity (Wildman–Crippen MR) is 159 cm³/mol. The lowest BCUT2D eigenvalue weighted by molar-refractivity contribution is -0.140. The van der Waals surface area contributed by atoms with Gasteiger partial charge in [0.1, 0.15) is 18.3 Å². The molecule has 0 saturated carbocycles. The summed E-state index contributed by atoms with van der Waals surface area (Å²) in [5, 5.41) is 3.47. The Hall–Kier alpha value is -3.56. The van der Waals surface area contributed by atoms with Gasteiger partial charge in [-0.25, -0.2) is 8.42 Å². The van der Waals surface area contributed by atoms with Gasteiger partial charge in [0.25, 0.3) is 0 Å². The SMILES string of the molecule is COc1ccc(C)cc1N(CC(=O)N(Cc1ccc(Cl)cc1)[C@H](Cc1ccccc1)C(=O)NC(C)C)S(C)(=O)=O. The summed E-state index contributed by atoms with van der Waals surface area (Å²) in [4.78, 5) is 29.1. The number of hydrogen-bond acceptors (Lipinski definition) is 5. The number of nitrogens with one attached hydrogen (secondary N) is 1. The highest BCUT2D eigenvalue weighted by Crippen LogP contribution is 2.31. The van der Waals surface area contributed by atoms with Crippen LogP contribution in [0.5, 0.6) is 5.75 Å². The zero-order valence-electron chi connectivity index (χ0n) is 23.4. The maximum Gasteiger partial charge on any atom is 0.244 e. The first-order chi connectivity index (χ1) is 18.9. The smallest absolute Gasteiger partial charge is 0.244 e. The highest BCUT2D eigenvalue weighted by atomic mass is 35.5. The van der Waals surface area contributed by atoms with E-state index in [-0.39, 0.29) is 30.6 Å². The van der Waals surface area contributed by atoms with E-state index in [1.807, 2.05) is 51.1 Å². The Morgan fingerprint density at radius 1 is 0.975 bits per heavy atom. The Balaban J connectivity index is 2.09. The summed E-state index contributed by atoms with van der Waals surface area (Å²) in [7, 11) is -2.47. The Morgan fingerprint density at radius 3 is 2.20 bits per heavy atom. The van der Waals surface area contributed by atoms with Gasteiger partial charge in [0.2, 0.25) is 21.8 Å². The summed E-state index contributed by atoms with van der Waals surface area (Å²) in [6.07, 6.45) is 1.28. The molecule has 0 heterocycles. The standard InChI is InChI=1S/C30H36ClN3O5S/c1-21(2)32-30(36)27(18-23-9-7-6-8-10-23)33(19-24-12-14-25(31)15-13-24)29(35)20-34(40(5,37)38)26-17-22(3)11-16-28(26)39-4/h6-17,21,27H,18-20H2,1-5H3,(H,32,36)/t27-/m1/s1. The van der Waals surface area contributed by atoms with Gasteiger partial charge in [-0.2, -0.15) is 0 Å². The molecule has 8 nitrogen and oxygen atoms in total. The molecule has 0 aliphatic carbocycles. The van der Waals surface area contributed by atoms with Crippen LogP contribution < -0.4 is 14.4 Å². The first kappa shape index (κ1) is 31.0. The van der Waals surface area contributed by atoms with Gasteiger partial charge in [0.05, 0.1) is 19.1 Å². The third kappa shape index (κ3) is 8.47. The highest BCUT2D eigenvalue weighted by molar-refractivity contribution is 7.92. The second-order valence-electron chi connectivity index (χ2n) is 9.96. The van der Waals surface area contributed by atoms with Gasteiger partial charge in [0, 0.05) is 24.0 Å². The quantitative estimate of drug-likeness (QED) is 0.335. The van der Waals surface area contributed by atoms with E-state index in [0.717, 1.165) is 27.3 Å². The lowest BCUT2D eigenvalue weighted by atomic mass is 10.0. The average Bonchev–Trinajstić information content (AvgIpc) is 2.89. The van der Waals surface area contributed by atoms with E-state index in [1.165, 1.54) is 12.0 Å². The molecule has 0 fully saturated rings. The fourth-order valence-corrected chi connectivity index (χ4v) is 5.28. The molecule has 0 aliphatic heterocycles. The number of ether oxygens (including phenoxy) is 1. The van der Waals surface area contributed by atoms with Gasteiger partial charge in [-0.15, -0.1) is 0 Å². The molecule has 1 atom stereocenters. The molecule has 214 valence electrons. The minimum atomic E-state index is -3.91. The number of aryl methyl sites for hydroxylation is 1. The van der Waals surface area contributed by atoms with Crippen molar-refractivity contribution >= 4 is 39.1 Å². The molecule has 0 radical (unpaired) electrons. The lowest BCUT2D eigenvalue weighted by Crippen LogP contribution is -2.54. The van der Waals surface area contributed by atoms with Crippen LogP contribution in [0.4, 0.5) is 5.69 Å². The number of amides is 2. The number of carbonyl (C=O) groups is 2. The minimum absolute atomic E-state index is 0.0710. The van der Waals surface area contributed by atoms with Crippen molar-refractivity contribution in [3.8, 4) is 5.75 Å². The first-order valence-electron chi connectivity index (χ1n) is 12.9. The normalized spacial score (nSPS) is 12.1. The van der Waals surface area contributed by atoms with Crippen LogP contribution in [0.1, 0.15) is 30.5 Å². The summed E-state index contributed by atoms with van der Waals surface area (Å²) < 4.78 is 32.5. The van der Waals surface area contributed by atoms with Crippen LogP contribution in [0.15, 0.2) is 72.8 Å². The van der Waals surface area contributed by atoms with Crippen LogP contribution in [0.25, 0.3) is 0 Å². The third-order valence-corrected chi connectivity index (χ3v) is 7.63. The molecule has 0 spiro atoms. The van der Waals surface area contributed by atoms with Crippen LogP contribution in [0.3, 0.4) is 0 Å². The number of carbonyl (C=O) groups excluding carboxylic acids is 2. The number of nitrogens with zero attached hydrogens (tertiary/aromatic N) is 2. The third-order valence-electron chi connectivity index (χ3n) is 6.25. The Labute approximate surface area is 241 Å². The molecule has 10 heteroatoms. The lowest BCUT2D eigenvalue weighted by Gasteiger charge is -2.34. The molecule has 2 amide bonds. The van der Waals surface area contributed by atoms with Crippen molar-refractivity contribution < 1.29 is 22.7 Å². The Bertz CT molecular complexity index is 1410. The van der Waals surface area contributed by atoms with Gasteiger partial charge in [-0.1, -0.05) is 60.1 Å². The molecule has 40 heavy (non-hydrogen) atoms. The molecule has 1 N–H and O–H groups in total. The summed E-state index contributed by atoms with van der Waals surface area (Å²) >= 11 is 6.09. The van der Waals surface area contributed by atoms with Crippen LogP contribution in [0, 0.1) is 6.92 Å². The van der Waals surface area contributed by atoms with Crippen molar-refractivity contribution in [3.05, 3.63) is 94.5 Å². The van der Waals surface area contributed by atoms with Crippen molar-refractivity contribution in [1.82, 2.24) is 10.2 Å². The van der Waals surface area contributed by atoms with Gasteiger partial charge in [-0.05, 0) is 61.7 Å². The van der Waals surface area contributed by atoms with E-state index in [0.29, 0.717) is 10.8 Å². The predicted octanol–water partition coefficient (Wildman–Crippen LogP) is 4.59. The van der Waals surface area contributed by atoms with E-state index in [2.05, 4.69) is 5.32 Å². The maximum absolute atomic E-state index is 14.1. The van der Waals surface area contributed by atoms with Crippen molar-refractivity contribution in [3.63, 3.8) is 0 Å². The second-order valence-corrected chi connectivity index (χ2v) is 12.3. The molecular weight excluding hydrogens is 550 g/mol. The highest BCUT2D eigenvalue weighted by Gasteiger charge is 2.34. The molecule has 3 aromatic rings. The largest absolute Gasteiger partial charge is 0.495 e. The topological polar surface area (TPSA) is 96.0 Å². The van der Waals surface area contributed by atoms with Crippen LogP contribution in [0.2, 0.25) is 5.02 Å². The van der Waals surface area contributed by atoms with Crippen LogP contribution >= 0.6 is 11.6 Å². The second kappa shape index (κ2) is 13.7. The molecular formula is C30H36ClN3O5S. The number of rotatable bonds is 12. The van der Waals surface area contributed by atoms with Crippen LogP contribution in [-0.2, 0) is 32.6 Å². The summed E-state index contributed by atoms with van der Waals surface area (Å²) in [6, 6.07) is 20.4. The van der Waals surface area contributed by atoms with E-state index >= 15 is 0 Å². The molecule has 3 aromatic carbocycles. The number of benzene rings is 3. The van der Waals surface area contributed by atoms with Crippen LogP contribution in [-0.4, -0.2) is 57.1 Å². The van der Waals surface area contributed by atoms with Gasteiger partial charge in [0.15, 0.2) is 0 Å². The number of methoxy groups -OCH3 is 1. The fourth-order valence-electron chi connectivity index (χ4n) is 4.31. The van der Waals surface area contributed by atoms with E-state index in [9.17, 15) is 18.0 Å². The number of sulfonamides is 1. The molecule has 0 saturated heterocycles. The Kier molecular flexibility index (Phi) is 10.6. The minimum Gasteiger partial charge on any atom is -0.495 e. The maximum atomic E-state index is 14.1. The Morgan fingerprint density at radius 2 is 1.62 bits per heavy atom.